The van der Waals surface area contributed by atoms with E-state index in [4.69, 9.17) is 0 Å². The molecule has 0 bridgehead atoms. The Morgan fingerprint density at radius 2 is 1.72 bits per heavy atom. The second-order valence-electron chi connectivity index (χ2n) is 6.72. The van der Waals surface area contributed by atoms with Crippen molar-refractivity contribution in [3.63, 3.8) is 0 Å². The van der Waals surface area contributed by atoms with E-state index < -0.39 is 0 Å². The minimum absolute atomic E-state index is 0.322. The highest BCUT2D eigenvalue weighted by atomic mass is 15.4. The fourth-order valence-electron chi connectivity index (χ4n) is 3.25. The highest BCUT2D eigenvalue weighted by Crippen LogP contribution is 2.20. The van der Waals surface area contributed by atoms with Gasteiger partial charge in [-0.15, -0.1) is 0 Å². The average molecular weight is 330 g/mol. The van der Waals surface area contributed by atoms with Gasteiger partial charge in [-0.05, 0) is 43.9 Å². The van der Waals surface area contributed by atoms with Gasteiger partial charge in [0, 0.05) is 29.9 Å². The van der Waals surface area contributed by atoms with Crippen molar-refractivity contribution < 1.29 is 0 Å². The van der Waals surface area contributed by atoms with Crippen molar-refractivity contribution in [1.82, 2.24) is 19.3 Å². The number of aryl methyl sites for hydroxylation is 1. The summed E-state index contributed by atoms with van der Waals surface area (Å²) >= 11 is 0. The molecular weight excluding hydrogens is 308 g/mol. The van der Waals surface area contributed by atoms with Crippen LogP contribution in [0.15, 0.2) is 60.8 Å². The summed E-state index contributed by atoms with van der Waals surface area (Å²) in [4.78, 5) is 4.60. The van der Waals surface area contributed by atoms with E-state index in [-0.39, 0.29) is 0 Å². The molecule has 4 aromatic rings. The quantitative estimate of drug-likeness (QED) is 0.537. The zero-order valence-electron chi connectivity index (χ0n) is 14.8. The SMILES string of the molecule is Cc1nc(-c2ccc(Cn3ccc4ccccc43)cc2)nn1C(C)C. The number of fused-ring (bicyclic) bond motifs is 1. The maximum Gasteiger partial charge on any atom is 0.181 e. The summed E-state index contributed by atoms with van der Waals surface area (Å²) in [6, 6.07) is 19.5. The van der Waals surface area contributed by atoms with E-state index in [1.54, 1.807) is 0 Å². The van der Waals surface area contributed by atoms with Gasteiger partial charge in [-0.25, -0.2) is 9.67 Å². The summed E-state index contributed by atoms with van der Waals surface area (Å²) < 4.78 is 4.25. The smallest absolute Gasteiger partial charge is 0.181 e. The fourth-order valence-corrected chi connectivity index (χ4v) is 3.25. The number of rotatable bonds is 4. The molecule has 0 atom stereocenters. The van der Waals surface area contributed by atoms with Crippen molar-refractivity contribution in [1.29, 1.82) is 0 Å². The molecule has 0 N–H and O–H groups in total. The molecule has 0 spiro atoms. The summed E-state index contributed by atoms with van der Waals surface area (Å²) in [6.45, 7) is 7.11. The molecule has 4 heteroatoms. The van der Waals surface area contributed by atoms with E-state index in [1.807, 2.05) is 11.6 Å². The number of hydrogen-bond donors (Lipinski definition) is 0. The average Bonchev–Trinajstić information content (AvgIpc) is 3.20. The Labute approximate surface area is 147 Å². The lowest BCUT2D eigenvalue weighted by Crippen LogP contribution is -2.04. The first-order valence-electron chi connectivity index (χ1n) is 8.68. The molecule has 2 heterocycles. The molecule has 126 valence electrons. The van der Waals surface area contributed by atoms with Gasteiger partial charge in [0.2, 0.25) is 0 Å². The molecule has 0 aliphatic heterocycles. The summed E-state index contributed by atoms with van der Waals surface area (Å²) in [5.41, 5.74) is 3.59. The maximum atomic E-state index is 4.63. The molecule has 25 heavy (non-hydrogen) atoms. The second kappa shape index (κ2) is 6.20. The van der Waals surface area contributed by atoms with E-state index >= 15 is 0 Å². The van der Waals surface area contributed by atoms with E-state index in [1.165, 1.54) is 16.5 Å². The Hall–Kier alpha value is -2.88. The zero-order valence-corrected chi connectivity index (χ0v) is 14.8. The predicted molar refractivity (Wildman–Crippen MR) is 102 cm³/mol. The van der Waals surface area contributed by atoms with Crippen LogP contribution in [0.25, 0.3) is 22.3 Å². The molecule has 2 aromatic carbocycles. The molecule has 0 saturated carbocycles. The van der Waals surface area contributed by atoms with Crippen LogP contribution in [-0.4, -0.2) is 19.3 Å². The summed E-state index contributed by atoms with van der Waals surface area (Å²) in [7, 11) is 0. The summed E-state index contributed by atoms with van der Waals surface area (Å²) in [5.74, 6) is 1.75. The van der Waals surface area contributed by atoms with Crippen molar-refractivity contribution in [2.45, 2.75) is 33.4 Å². The number of nitrogens with zero attached hydrogens (tertiary/aromatic N) is 4. The molecule has 2 aromatic heterocycles. The number of hydrogen-bond acceptors (Lipinski definition) is 2. The van der Waals surface area contributed by atoms with Crippen molar-refractivity contribution in [3.8, 4) is 11.4 Å². The van der Waals surface area contributed by atoms with E-state index in [9.17, 15) is 0 Å². The van der Waals surface area contributed by atoms with Crippen molar-refractivity contribution in [2.75, 3.05) is 0 Å². The topological polar surface area (TPSA) is 35.6 Å². The Morgan fingerprint density at radius 1 is 0.960 bits per heavy atom. The number of aromatic nitrogens is 4. The molecule has 0 aliphatic carbocycles. The maximum absolute atomic E-state index is 4.63. The van der Waals surface area contributed by atoms with Gasteiger partial charge < -0.3 is 4.57 Å². The van der Waals surface area contributed by atoms with Crippen molar-refractivity contribution in [2.24, 2.45) is 0 Å². The second-order valence-corrected chi connectivity index (χ2v) is 6.72. The predicted octanol–water partition coefficient (Wildman–Crippen LogP) is 4.84. The highest BCUT2D eigenvalue weighted by molar-refractivity contribution is 5.80. The Bertz CT molecular complexity index is 1010. The van der Waals surface area contributed by atoms with Crippen LogP contribution in [0.2, 0.25) is 0 Å². The van der Waals surface area contributed by atoms with Gasteiger partial charge in [-0.1, -0.05) is 42.5 Å². The van der Waals surface area contributed by atoms with Crippen molar-refractivity contribution in [3.05, 3.63) is 72.2 Å². The van der Waals surface area contributed by atoms with Gasteiger partial charge in [0.05, 0.1) is 0 Å². The molecule has 4 nitrogen and oxygen atoms in total. The summed E-state index contributed by atoms with van der Waals surface area (Å²) in [6.07, 6.45) is 2.15. The van der Waals surface area contributed by atoms with Gasteiger partial charge in [0.15, 0.2) is 5.82 Å². The van der Waals surface area contributed by atoms with Crippen LogP contribution in [0.3, 0.4) is 0 Å². The number of benzene rings is 2. The lowest BCUT2D eigenvalue weighted by atomic mass is 10.1. The molecule has 0 radical (unpaired) electrons. The first-order valence-corrected chi connectivity index (χ1v) is 8.68. The van der Waals surface area contributed by atoms with E-state index in [2.05, 4.69) is 89.3 Å². The monoisotopic (exact) mass is 330 g/mol. The van der Waals surface area contributed by atoms with Gasteiger partial charge in [0.25, 0.3) is 0 Å². The van der Waals surface area contributed by atoms with Gasteiger partial charge in [-0.2, -0.15) is 5.10 Å². The van der Waals surface area contributed by atoms with E-state index in [0.29, 0.717) is 6.04 Å². The third-order valence-electron chi connectivity index (χ3n) is 4.54. The molecule has 0 saturated heterocycles. The van der Waals surface area contributed by atoms with Gasteiger partial charge >= 0.3 is 0 Å². The largest absolute Gasteiger partial charge is 0.343 e. The standard InChI is InChI=1S/C21H22N4/c1-15(2)25-16(3)22-21(23-25)19-10-8-17(9-11-19)14-24-13-12-18-6-4-5-7-20(18)24/h4-13,15H,14H2,1-3H3. The van der Waals surface area contributed by atoms with E-state index in [0.717, 1.165) is 23.8 Å². The van der Waals surface area contributed by atoms with Gasteiger partial charge in [-0.3, -0.25) is 0 Å². The third-order valence-corrected chi connectivity index (χ3v) is 4.54. The third kappa shape index (κ3) is 2.95. The van der Waals surface area contributed by atoms with Crippen LogP contribution < -0.4 is 0 Å². The van der Waals surface area contributed by atoms with Crippen LogP contribution in [-0.2, 0) is 6.54 Å². The van der Waals surface area contributed by atoms with Crippen LogP contribution in [0.4, 0.5) is 0 Å². The first-order chi connectivity index (χ1) is 12.1. The first kappa shape index (κ1) is 15.6. The lowest BCUT2D eigenvalue weighted by molar-refractivity contribution is 0.517. The Balaban J connectivity index is 1.59. The minimum atomic E-state index is 0.322. The zero-order chi connectivity index (χ0) is 17.4. The minimum Gasteiger partial charge on any atom is -0.343 e. The summed E-state index contributed by atoms with van der Waals surface area (Å²) in [5, 5.41) is 5.90. The molecule has 0 amide bonds. The Morgan fingerprint density at radius 3 is 2.44 bits per heavy atom. The Kier molecular flexibility index (Phi) is 3.88. The molecule has 4 rings (SSSR count). The normalized spacial score (nSPS) is 11.5. The molecular formula is C21H22N4. The van der Waals surface area contributed by atoms with Crippen LogP contribution in [0, 0.1) is 6.92 Å². The van der Waals surface area contributed by atoms with Gasteiger partial charge in [0.1, 0.15) is 5.82 Å². The molecule has 0 unspecified atom stereocenters. The van der Waals surface area contributed by atoms with Crippen LogP contribution >= 0.6 is 0 Å². The fraction of sp³-hybridized carbons (Fsp3) is 0.238. The van der Waals surface area contributed by atoms with Crippen LogP contribution in [0.5, 0.6) is 0 Å². The molecule has 0 aliphatic rings. The number of para-hydroxylation sites is 1. The lowest BCUT2D eigenvalue weighted by Gasteiger charge is -2.07. The van der Waals surface area contributed by atoms with Crippen LogP contribution in [0.1, 0.15) is 31.3 Å². The van der Waals surface area contributed by atoms with Crippen molar-refractivity contribution >= 4 is 10.9 Å². The molecule has 0 fully saturated rings. The highest BCUT2D eigenvalue weighted by Gasteiger charge is 2.10.